The standard InChI is InChI=1S/C19H26N4O/c1-12-9-16-17(7-8-24-18(16)10-13(12)2)23(15-5-6-15)11-19-21-20-14(3)22(19)4/h9-10,15,17H,5-8,11H2,1-4H3. The highest BCUT2D eigenvalue weighted by molar-refractivity contribution is 5.44. The Hall–Kier alpha value is -1.88. The van der Waals surface area contributed by atoms with Gasteiger partial charge < -0.3 is 9.30 Å². The second-order valence-electron chi connectivity index (χ2n) is 7.25. The molecule has 0 N–H and O–H groups in total. The summed E-state index contributed by atoms with van der Waals surface area (Å²) in [5, 5.41) is 8.61. The van der Waals surface area contributed by atoms with E-state index in [2.05, 4.69) is 52.7 Å². The van der Waals surface area contributed by atoms with Crippen LogP contribution in [0.1, 0.15) is 53.6 Å². The fourth-order valence-corrected chi connectivity index (χ4v) is 3.63. The van der Waals surface area contributed by atoms with E-state index in [1.54, 1.807) is 0 Å². The van der Waals surface area contributed by atoms with Gasteiger partial charge in [-0.05, 0) is 50.8 Å². The average molecular weight is 326 g/mol. The highest BCUT2D eigenvalue weighted by Gasteiger charge is 2.38. The van der Waals surface area contributed by atoms with Crippen molar-refractivity contribution in [2.24, 2.45) is 7.05 Å². The maximum absolute atomic E-state index is 5.96. The molecule has 0 saturated heterocycles. The second kappa shape index (κ2) is 5.88. The molecule has 2 aromatic rings. The molecule has 5 nitrogen and oxygen atoms in total. The van der Waals surface area contributed by atoms with Gasteiger partial charge >= 0.3 is 0 Å². The maximum atomic E-state index is 5.96. The third kappa shape index (κ3) is 2.71. The molecule has 1 aromatic heterocycles. The van der Waals surface area contributed by atoms with E-state index in [9.17, 15) is 0 Å². The summed E-state index contributed by atoms with van der Waals surface area (Å²) in [4.78, 5) is 2.62. The van der Waals surface area contributed by atoms with Gasteiger partial charge in [-0.1, -0.05) is 6.07 Å². The van der Waals surface area contributed by atoms with Gasteiger partial charge in [-0.2, -0.15) is 0 Å². The molecule has 0 amide bonds. The summed E-state index contributed by atoms with van der Waals surface area (Å²) >= 11 is 0. The van der Waals surface area contributed by atoms with Crippen molar-refractivity contribution in [3.05, 3.63) is 40.5 Å². The van der Waals surface area contributed by atoms with Crippen LogP contribution in [-0.2, 0) is 13.6 Å². The smallest absolute Gasteiger partial charge is 0.146 e. The van der Waals surface area contributed by atoms with Crippen LogP contribution in [0.15, 0.2) is 12.1 Å². The summed E-state index contributed by atoms with van der Waals surface area (Å²) in [5.41, 5.74) is 3.99. The third-order valence-corrected chi connectivity index (χ3v) is 5.56. The van der Waals surface area contributed by atoms with E-state index in [-0.39, 0.29) is 0 Å². The van der Waals surface area contributed by atoms with E-state index in [0.717, 1.165) is 37.0 Å². The molecule has 1 atom stereocenters. The lowest BCUT2D eigenvalue weighted by molar-refractivity contribution is 0.121. The minimum absolute atomic E-state index is 0.414. The topological polar surface area (TPSA) is 43.2 Å². The maximum Gasteiger partial charge on any atom is 0.146 e. The quantitative estimate of drug-likeness (QED) is 0.865. The lowest BCUT2D eigenvalue weighted by Gasteiger charge is -2.36. The number of benzene rings is 1. The van der Waals surface area contributed by atoms with E-state index >= 15 is 0 Å². The van der Waals surface area contributed by atoms with Gasteiger partial charge in [-0.15, -0.1) is 10.2 Å². The Balaban J connectivity index is 1.68. The molecule has 4 rings (SSSR count). The van der Waals surface area contributed by atoms with Gasteiger partial charge in [0.1, 0.15) is 17.4 Å². The van der Waals surface area contributed by atoms with Gasteiger partial charge in [0.2, 0.25) is 0 Å². The molecular weight excluding hydrogens is 300 g/mol. The molecule has 1 unspecified atom stereocenters. The highest BCUT2D eigenvalue weighted by Crippen LogP contribution is 2.43. The number of rotatable bonds is 4. The normalized spacial score (nSPS) is 20.1. The summed E-state index contributed by atoms with van der Waals surface area (Å²) < 4.78 is 8.07. The Labute approximate surface area is 143 Å². The van der Waals surface area contributed by atoms with E-state index in [0.29, 0.717) is 12.1 Å². The summed E-state index contributed by atoms with van der Waals surface area (Å²) in [6.45, 7) is 8.01. The first-order chi connectivity index (χ1) is 11.5. The van der Waals surface area contributed by atoms with Crippen LogP contribution in [0.5, 0.6) is 5.75 Å². The Morgan fingerprint density at radius 3 is 2.54 bits per heavy atom. The fourth-order valence-electron chi connectivity index (χ4n) is 3.63. The lowest BCUT2D eigenvalue weighted by Crippen LogP contribution is -2.34. The minimum atomic E-state index is 0.414. The van der Waals surface area contributed by atoms with Gasteiger partial charge in [0.05, 0.1) is 13.2 Å². The summed E-state index contributed by atoms with van der Waals surface area (Å²) in [5.74, 6) is 3.09. The van der Waals surface area contributed by atoms with Crippen molar-refractivity contribution in [1.29, 1.82) is 0 Å². The molecule has 5 heteroatoms. The molecule has 1 saturated carbocycles. The highest BCUT2D eigenvalue weighted by atomic mass is 16.5. The monoisotopic (exact) mass is 326 g/mol. The predicted molar refractivity (Wildman–Crippen MR) is 93.1 cm³/mol. The van der Waals surface area contributed by atoms with Gasteiger partial charge in [-0.3, -0.25) is 4.90 Å². The van der Waals surface area contributed by atoms with Crippen LogP contribution in [0.4, 0.5) is 0 Å². The van der Waals surface area contributed by atoms with Gasteiger partial charge in [0, 0.05) is 31.1 Å². The van der Waals surface area contributed by atoms with Crippen molar-refractivity contribution in [3.8, 4) is 5.75 Å². The van der Waals surface area contributed by atoms with Crippen LogP contribution in [0.2, 0.25) is 0 Å². The van der Waals surface area contributed by atoms with Crippen molar-refractivity contribution >= 4 is 0 Å². The summed E-state index contributed by atoms with van der Waals surface area (Å²) in [7, 11) is 2.06. The third-order valence-electron chi connectivity index (χ3n) is 5.56. The summed E-state index contributed by atoms with van der Waals surface area (Å²) in [6.07, 6.45) is 3.62. The molecule has 1 fully saturated rings. The Morgan fingerprint density at radius 2 is 1.88 bits per heavy atom. The van der Waals surface area contributed by atoms with Crippen LogP contribution in [0.3, 0.4) is 0 Å². The molecule has 0 bridgehead atoms. The molecule has 1 aliphatic carbocycles. The first kappa shape index (κ1) is 15.6. The van der Waals surface area contributed by atoms with Crippen molar-refractivity contribution in [2.75, 3.05) is 6.61 Å². The molecule has 128 valence electrons. The zero-order valence-electron chi connectivity index (χ0n) is 15.0. The van der Waals surface area contributed by atoms with Crippen LogP contribution in [0.25, 0.3) is 0 Å². The zero-order chi connectivity index (χ0) is 16.8. The van der Waals surface area contributed by atoms with Crippen LogP contribution < -0.4 is 4.74 Å². The number of ether oxygens (including phenoxy) is 1. The zero-order valence-corrected chi connectivity index (χ0v) is 15.0. The molecule has 0 spiro atoms. The van der Waals surface area contributed by atoms with Crippen LogP contribution in [-0.4, -0.2) is 32.3 Å². The van der Waals surface area contributed by atoms with Crippen molar-refractivity contribution in [1.82, 2.24) is 19.7 Å². The van der Waals surface area contributed by atoms with E-state index < -0.39 is 0 Å². The fraction of sp³-hybridized carbons (Fsp3) is 0.579. The minimum Gasteiger partial charge on any atom is -0.493 e. The number of nitrogens with zero attached hydrogens (tertiary/aromatic N) is 4. The predicted octanol–water partition coefficient (Wildman–Crippen LogP) is 3.23. The molecular formula is C19H26N4O. The molecule has 2 heterocycles. The number of fused-ring (bicyclic) bond motifs is 1. The Kier molecular flexibility index (Phi) is 3.83. The van der Waals surface area contributed by atoms with E-state index in [1.807, 2.05) is 6.92 Å². The van der Waals surface area contributed by atoms with E-state index in [4.69, 9.17) is 4.74 Å². The lowest BCUT2D eigenvalue weighted by atomic mass is 9.94. The van der Waals surface area contributed by atoms with Crippen molar-refractivity contribution < 1.29 is 4.74 Å². The molecule has 1 aliphatic heterocycles. The van der Waals surface area contributed by atoms with E-state index in [1.165, 1.54) is 29.5 Å². The average Bonchev–Trinajstić information content (AvgIpc) is 3.35. The summed E-state index contributed by atoms with van der Waals surface area (Å²) in [6, 6.07) is 5.61. The van der Waals surface area contributed by atoms with Crippen LogP contribution >= 0.6 is 0 Å². The first-order valence-corrected chi connectivity index (χ1v) is 8.89. The number of aryl methyl sites for hydroxylation is 3. The van der Waals surface area contributed by atoms with Crippen LogP contribution in [0, 0.1) is 20.8 Å². The second-order valence-corrected chi connectivity index (χ2v) is 7.25. The molecule has 24 heavy (non-hydrogen) atoms. The number of hydrogen-bond acceptors (Lipinski definition) is 4. The van der Waals surface area contributed by atoms with Crippen molar-refractivity contribution in [3.63, 3.8) is 0 Å². The molecule has 0 radical (unpaired) electrons. The largest absolute Gasteiger partial charge is 0.493 e. The molecule has 1 aromatic carbocycles. The van der Waals surface area contributed by atoms with Gasteiger partial charge in [0.15, 0.2) is 0 Å². The number of hydrogen-bond donors (Lipinski definition) is 0. The van der Waals surface area contributed by atoms with Crippen molar-refractivity contribution in [2.45, 2.75) is 58.7 Å². The Bertz CT molecular complexity index is 763. The number of aromatic nitrogens is 3. The van der Waals surface area contributed by atoms with Gasteiger partial charge in [-0.25, -0.2) is 0 Å². The van der Waals surface area contributed by atoms with Gasteiger partial charge in [0.25, 0.3) is 0 Å². The molecule has 2 aliphatic rings. The SMILES string of the molecule is Cc1cc2c(cc1C)C(N(Cc1nnc(C)n1C)C1CC1)CCO2. The Morgan fingerprint density at radius 1 is 1.12 bits per heavy atom. The first-order valence-electron chi connectivity index (χ1n) is 8.89.